The van der Waals surface area contributed by atoms with E-state index < -0.39 is 5.91 Å². The number of carbonyl (C=O) groups excluding carboxylic acids is 1. The number of anilines is 1. The fourth-order valence-corrected chi connectivity index (χ4v) is 3.37. The monoisotopic (exact) mass is 492 g/mol. The van der Waals surface area contributed by atoms with E-state index in [1.54, 1.807) is 49.6 Å². The number of hydrazine groups is 1. The highest BCUT2D eigenvalue weighted by Crippen LogP contribution is 2.30. The quantitative estimate of drug-likeness (QED) is 0.278. The Bertz CT molecular complexity index is 1400. The molecule has 0 spiro atoms. The van der Waals surface area contributed by atoms with Crippen molar-refractivity contribution < 1.29 is 23.6 Å². The molecule has 4 rings (SSSR count). The van der Waals surface area contributed by atoms with E-state index in [0.29, 0.717) is 46.4 Å². The molecular formula is C23H24N8O5. The molecule has 13 heteroatoms. The minimum atomic E-state index is -0.588. The van der Waals surface area contributed by atoms with Crippen LogP contribution in [0.2, 0.25) is 0 Å². The molecule has 0 saturated carbocycles. The maximum absolute atomic E-state index is 13.2. The van der Waals surface area contributed by atoms with Crippen molar-refractivity contribution >= 4 is 17.4 Å². The van der Waals surface area contributed by atoms with Crippen molar-refractivity contribution in [2.75, 3.05) is 26.6 Å². The smallest absolute Gasteiger partial charge is 0.292 e. The van der Waals surface area contributed by atoms with Gasteiger partial charge in [-0.1, -0.05) is 23.9 Å². The molecule has 36 heavy (non-hydrogen) atoms. The first-order chi connectivity index (χ1) is 17.5. The largest absolute Gasteiger partial charge is 0.494 e. The number of hydrogen-bond donors (Lipinski definition) is 3. The van der Waals surface area contributed by atoms with Gasteiger partial charge in [-0.05, 0) is 47.6 Å². The molecule has 1 amide bonds. The number of hydrogen-bond acceptors (Lipinski definition) is 11. The first-order valence-corrected chi connectivity index (χ1v) is 10.7. The number of nitrogen functional groups attached to an aromatic ring is 1. The Morgan fingerprint density at radius 3 is 2.61 bits per heavy atom. The first kappa shape index (κ1) is 24.1. The first-order valence-electron chi connectivity index (χ1n) is 10.7. The van der Waals surface area contributed by atoms with Crippen molar-refractivity contribution in [2.45, 2.75) is 6.92 Å². The van der Waals surface area contributed by atoms with Gasteiger partial charge in [0.05, 0.1) is 26.5 Å². The number of rotatable bonds is 10. The van der Waals surface area contributed by atoms with E-state index in [0.717, 1.165) is 0 Å². The zero-order valence-electron chi connectivity index (χ0n) is 19.8. The normalized spacial score (nSPS) is 10.5. The molecule has 186 valence electrons. The molecule has 0 aliphatic heterocycles. The SMILES string of the molecule is C=C(NNC(=O)c1nnn(-c2nonc2N)c1-c1cccc(OCC)c1)c1ccc(OC)c(OC)c1. The van der Waals surface area contributed by atoms with Gasteiger partial charge in [0.1, 0.15) is 11.4 Å². The van der Waals surface area contributed by atoms with E-state index in [-0.39, 0.29) is 17.3 Å². The number of aromatic nitrogens is 5. The summed E-state index contributed by atoms with van der Waals surface area (Å²) in [4.78, 5) is 13.2. The summed E-state index contributed by atoms with van der Waals surface area (Å²) in [5.74, 6) is 1.16. The highest BCUT2D eigenvalue weighted by molar-refractivity contribution is 5.98. The Morgan fingerprint density at radius 1 is 1.11 bits per heavy atom. The number of amides is 1. The molecular weight excluding hydrogens is 468 g/mol. The van der Waals surface area contributed by atoms with E-state index >= 15 is 0 Å². The number of carbonyl (C=O) groups is 1. The third-order valence-corrected chi connectivity index (χ3v) is 5.06. The molecule has 0 fully saturated rings. The van der Waals surface area contributed by atoms with Crippen molar-refractivity contribution in [3.05, 3.63) is 60.3 Å². The summed E-state index contributed by atoms with van der Waals surface area (Å²) >= 11 is 0. The summed E-state index contributed by atoms with van der Waals surface area (Å²) in [6, 6.07) is 12.3. The van der Waals surface area contributed by atoms with Crippen molar-refractivity contribution in [1.29, 1.82) is 0 Å². The zero-order chi connectivity index (χ0) is 25.7. The van der Waals surface area contributed by atoms with Gasteiger partial charge in [0.2, 0.25) is 11.6 Å². The Labute approximate surface area is 205 Å². The summed E-state index contributed by atoms with van der Waals surface area (Å²) in [6.07, 6.45) is 0. The van der Waals surface area contributed by atoms with Crippen molar-refractivity contribution in [3.8, 4) is 34.3 Å². The molecule has 2 heterocycles. The number of ether oxygens (including phenoxy) is 3. The predicted molar refractivity (Wildman–Crippen MR) is 129 cm³/mol. The number of nitrogens with two attached hydrogens (primary N) is 1. The lowest BCUT2D eigenvalue weighted by atomic mass is 10.1. The Morgan fingerprint density at radius 2 is 1.92 bits per heavy atom. The molecule has 4 aromatic rings. The van der Waals surface area contributed by atoms with Crippen LogP contribution in [-0.2, 0) is 0 Å². The molecule has 13 nitrogen and oxygen atoms in total. The lowest BCUT2D eigenvalue weighted by Gasteiger charge is -2.14. The average Bonchev–Trinajstić information content (AvgIpc) is 3.53. The van der Waals surface area contributed by atoms with E-state index in [2.05, 4.69) is 38.1 Å². The van der Waals surface area contributed by atoms with Crippen LogP contribution in [0, 0.1) is 0 Å². The van der Waals surface area contributed by atoms with E-state index in [1.165, 1.54) is 11.8 Å². The van der Waals surface area contributed by atoms with Crippen LogP contribution in [0.1, 0.15) is 23.0 Å². The number of methoxy groups -OCH3 is 2. The van der Waals surface area contributed by atoms with Gasteiger partial charge in [0.25, 0.3) is 5.91 Å². The van der Waals surface area contributed by atoms with Crippen LogP contribution >= 0.6 is 0 Å². The van der Waals surface area contributed by atoms with Gasteiger partial charge in [0, 0.05) is 11.1 Å². The van der Waals surface area contributed by atoms with Crippen molar-refractivity contribution in [2.24, 2.45) is 0 Å². The molecule has 4 N–H and O–H groups in total. The second-order valence-electron chi connectivity index (χ2n) is 7.26. The van der Waals surface area contributed by atoms with E-state index in [9.17, 15) is 4.79 Å². The van der Waals surface area contributed by atoms with Crippen molar-refractivity contribution in [3.63, 3.8) is 0 Å². The molecule has 2 aromatic heterocycles. The van der Waals surface area contributed by atoms with E-state index in [1.807, 2.05) is 6.92 Å². The second kappa shape index (κ2) is 10.5. The van der Waals surface area contributed by atoms with E-state index in [4.69, 9.17) is 24.6 Å². The molecule has 0 bridgehead atoms. The van der Waals surface area contributed by atoms with Crippen LogP contribution in [-0.4, -0.2) is 52.0 Å². The summed E-state index contributed by atoms with van der Waals surface area (Å²) in [7, 11) is 3.07. The molecule has 0 atom stereocenters. The standard InChI is InChI=1S/C23H24N8O5/c1-5-35-16-8-6-7-15(11-16)20-19(26-30-31(20)22-21(24)28-36-29-22)23(32)27-25-13(2)14-9-10-17(33-3)18(12-14)34-4/h6-12,25H,2,5H2,1,3-4H3,(H2,24,28)(H,27,32). The van der Waals surface area contributed by atoms with Crippen LogP contribution in [0.4, 0.5) is 5.82 Å². The fraction of sp³-hybridized carbons (Fsp3) is 0.174. The van der Waals surface area contributed by atoms with Gasteiger partial charge < -0.3 is 19.9 Å². The average molecular weight is 492 g/mol. The van der Waals surface area contributed by atoms with Gasteiger partial charge in [-0.3, -0.25) is 15.6 Å². The number of nitrogens with zero attached hydrogens (tertiary/aromatic N) is 5. The molecule has 0 radical (unpaired) electrons. The highest BCUT2D eigenvalue weighted by Gasteiger charge is 2.25. The van der Waals surface area contributed by atoms with Gasteiger partial charge in [-0.2, -0.15) is 4.68 Å². The zero-order valence-corrected chi connectivity index (χ0v) is 19.8. The predicted octanol–water partition coefficient (Wildman–Crippen LogP) is 2.22. The Balaban J connectivity index is 1.63. The minimum absolute atomic E-state index is 0.0151. The van der Waals surface area contributed by atoms with Crippen LogP contribution in [0.3, 0.4) is 0 Å². The van der Waals surface area contributed by atoms with Gasteiger partial charge in [-0.15, -0.1) is 5.10 Å². The van der Waals surface area contributed by atoms with Crippen LogP contribution in [0.15, 0.2) is 53.7 Å². The minimum Gasteiger partial charge on any atom is -0.494 e. The van der Waals surface area contributed by atoms with Crippen LogP contribution < -0.4 is 30.8 Å². The van der Waals surface area contributed by atoms with Gasteiger partial charge in [0.15, 0.2) is 17.2 Å². The summed E-state index contributed by atoms with van der Waals surface area (Å²) in [6.45, 7) is 6.30. The number of nitrogens with one attached hydrogen (secondary N) is 2. The maximum atomic E-state index is 13.2. The van der Waals surface area contributed by atoms with Crippen molar-refractivity contribution in [1.82, 2.24) is 36.2 Å². The number of benzene rings is 2. The lowest BCUT2D eigenvalue weighted by Crippen LogP contribution is -2.36. The Hall–Kier alpha value is -5.07. The van der Waals surface area contributed by atoms with Gasteiger partial charge in [-0.25, -0.2) is 4.63 Å². The molecule has 0 saturated heterocycles. The third-order valence-electron chi connectivity index (χ3n) is 5.06. The molecule has 0 aliphatic carbocycles. The van der Waals surface area contributed by atoms with Crippen LogP contribution in [0.25, 0.3) is 22.8 Å². The molecule has 0 aliphatic rings. The van der Waals surface area contributed by atoms with Gasteiger partial charge >= 0.3 is 0 Å². The maximum Gasteiger partial charge on any atom is 0.292 e. The molecule has 2 aromatic carbocycles. The summed E-state index contributed by atoms with van der Waals surface area (Å²) in [5.41, 5.74) is 13.2. The summed E-state index contributed by atoms with van der Waals surface area (Å²) in [5, 5.41) is 15.5. The summed E-state index contributed by atoms with van der Waals surface area (Å²) < 4.78 is 22.1. The molecule has 0 unspecified atom stereocenters. The topological polar surface area (TPSA) is 164 Å². The Kier molecular flexibility index (Phi) is 6.99. The lowest BCUT2D eigenvalue weighted by molar-refractivity contribution is 0.0938. The van der Waals surface area contributed by atoms with Crippen LogP contribution in [0.5, 0.6) is 17.2 Å². The third kappa shape index (κ3) is 4.75. The highest BCUT2D eigenvalue weighted by atomic mass is 16.6. The fourth-order valence-electron chi connectivity index (χ4n) is 3.37. The second-order valence-corrected chi connectivity index (χ2v) is 7.26.